The minimum absolute atomic E-state index is 0.00220. The molecule has 23 heavy (non-hydrogen) atoms. The molecule has 0 aromatic heterocycles. The van der Waals surface area contributed by atoms with Crippen LogP contribution in [0.4, 0.5) is 0 Å². The maximum Gasteiger partial charge on any atom is 0.309 e. The molecule has 2 bridgehead atoms. The van der Waals surface area contributed by atoms with Crippen LogP contribution < -0.4 is 0 Å². The minimum Gasteiger partial charge on any atom is -0.481 e. The van der Waals surface area contributed by atoms with Crippen LogP contribution in [0.15, 0.2) is 12.2 Å². The number of carboxylic acid groups (broad SMARTS) is 1. The highest BCUT2D eigenvalue weighted by Gasteiger charge is 2.73. The molecule has 7 atom stereocenters. The number of carboxylic acids is 1. The van der Waals surface area contributed by atoms with Gasteiger partial charge in [0, 0.05) is 5.92 Å². The van der Waals surface area contributed by atoms with Crippen LogP contribution in [-0.4, -0.2) is 17.4 Å². The molecule has 4 aliphatic carbocycles. The van der Waals surface area contributed by atoms with E-state index in [2.05, 4.69) is 13.5 Å². The fourth-order valence-electron chi connectivity index (χ4n) is 7.80. The summed E-state index contributed by atoms with van der Waals surface area (Å²) in [5.41, 5.74) is 0.553. The molecule has 0 aromatic rings. The molecule has 0 saturated heterocycles. The minimum atomic E-state index is -0.760. The second-order valence-corrected chi connectivity index (χ2v) is 9.32. The van der Waals surface area contributed by atoms with Crippen molar-refractivity contribution in [3.05, 3.63) is 12.2 Å². The van der Waals surface area contributed by atoms with Crippen LogP contribution in [0, 0.1) is 39.9 Å². The first kappa shape index (κ1) is 15.4. The van der Waals surface area contributed by atoms with Gasteiger partial charge in [-0.05, 0) is 74.0 Å². The van der Waals surface area contributed by atoms with Crippen molar-refractivity contribution in [2.75, 3.05) is 0 Å². The second-order valence-electron chi connectivity index (χ2n) is 9.32. The predicted molar refractivity (Wildman–Crippen MR) is 87.8 cm³/mol. The number of allylic oxidation sites excluding steroid dienone is 1. The van der Waals surface area contributed by atoms with E-state index in [0.29, 0.717) is 18.3 Å². The number of rotatable bonds is 2. The Kier molecular flexibility index (Phi) is 3.01. The lowest BCUT2D eigenvalue weighted by atomic mass is 9.53. The Morgan fingerprint density at radius 2 is 2.04 bits per heavy atom. The number of hydrogen-bond donors (Lipinski definition) is 1. The van der Waals surface area contributed by atoms with Crippen molar-refractivity contribution < 1.29 is 14.7 Å². The molecule has 0 radical (unpaired) electrons. The Bertz CT molecular complexity index is 596. The van der Waals surface area contributed by atoms with Crippen molar-refractivity contribution >= 4 is 12.3 Å². The molecule has 1 unspecified atom stereocenters. The Balaban J connectivity index is 1.90. The molecule has 1 spiro atoms. The highest BCUT2D eigenvalue weighted by Crippen LogP contribution is 2.77. The quantitative estimate of drug-likeness (QED) is 0.617. The van der Waals surface area contributed by atoms with E-state index < -0.39 is 11.4 Å². The summed E-state index contributed by atoms with van der Waals surface area (Å²) >= 11 is 0. The smallest absolute Gasteiger partial charge is 0.309 e. The molecule has 3 nitrogen and oxygen atoms in total. The topological polar surface area (TPSA) is 54.4 Å². The summed E-state index contributed by atoms with van der Waals surface area (Å²) in [7, 11) is 0. The van der Waals surface area contributed by atoms with E-state index in [9.17, 15) is 14.7 Å². The van der Waals surface area contributed by atoms with Crippen molar-refractivity contribution in [2.45, 2.75) is 58.8 Å². The first-order chi connectivity index (χ1) is 10.8. The Morgan fingerprint density at radius 1 is 1.30 bits per heavy atom. The Morgan fingerprint density at radius 3 is 2.70 bits per heavy atom. The van der Waals surface area contributed by atoms with Crippen molar-refractivity contribution in [1.29, 1.82) is 0 Å². The number of carbonyl (C=O) groups is 2. The van der Waals surface area contributed by atoms with Crippen LogP contribution in [0.2, 0.25) is 0 Å². The number of carbonyl (C=O) groups excluding carboxylic acids is 1. The standard InChI is InChI=1S/C20H28O3/c1-12-9-20-10-13(12)5-6-15(20)18(2)7-4-8-19(3,17(22)23)16(18)14(20)11-21/h11,13-16H,1,4-10H2,2-3H3,(H,22,23)/t13?,14-,15-,16-,18-,19+,20+/m0/s1. The summed E-state index contributed by atoms with van der Waals surface area (Å²) in [6.07, 6.45) is 8.25. The average Bonchev–Trinajstić information content (AvgIpc) is 2.87. The first-order valence-corrected chi connectivity index (χ1v) is 9.16. The largest absolute Gasteiger partial charge is 0.481 e. The molecule has 4 fully saturated rings. The van der Waals surface area contributed by atoms with E-state index in [4.69, 9.17) is 0 Å². The van der Waals surface area contributed by atoms with E-state index in [-0.39, 0.29) is 22.7 Å². The van der Waals surface area contributed by atoms with E-state index in [1.54, 1.807) is 0 Å². The van der Waals surface area contributed by atoms with Gasteiger partial charge in [0.25, 0.3) is 0 Å². The molecule has 126 valence electrons. The van der Waals surface area contributed by atoms with Gasteiger partial charge in [-0.1, -0.05) is 25.5 Å². The molecule has 3 heteroatoms. The van der Waals surface area contributed by atoms with Crippen LogP contribution in [0.5, 0.6) is 0 Å². The maximum atomic E-state index is 12.2. The molecular formula is C20H28O3. The predicted octanol–water partition coefficient (Wildman–Crippen LogP) is 4.08. The van der Waals surface area contributed by atoms with Gasteiger partial charge >= 0.3 is 5.97 Å². The van der Waals surface area contributed by atoms with Crippen molar-refractivity contribution in [1.82, 2.24) is 0 Å². The van der Waals surface area contributed by atoms with Gasteiger partial charge in [0.15, 0.2) is 0 Å². The van der Waals surface area contributed by atoms with Gasteiger partial charge in [-0.2, -0.15) is 0 Å². The molecule has 4 rings (SSSR count). The zero-order valence-electron chi connectivity index (χ0n) is 14.3. The summed E-state index contributed by atoms with van der Waals surface area (Å²) in [4.78, 5) is 24.4. The summed E-state index contributed by atoms with van der Waals surface area (Å²) in [6, 6.07) is 0. The zero-order chi connectivity index (χ0) is 16.6. The van der Waals surface area contributed by atoms with E-state index in [1.807, 2.05) is 6.92 Å². The number of aldehydes is 1. The highest BCUT2D eigenvalue weighted by molar-refractivity contribution is 5.76. The van der Waals surface area contributed by atoms with Crippen LogP contribution >= 0.6 is 0 Å². The number of hydrogen-bond acceptors (Lipinski definition) is 2. The summed E-state index contributed by atoms with van der Waals surface area (Å²) < 4.78 is 0. The molecule has 4 saturated carbocycles. The zero-order valence-corrected chi connectivity index (χ0v) is 14.3. The van der Waals surface area contributed by atoms with Crippen LogP contribution in [0.25, 0.3) is 0 Å². The van der Waals surface area contributed by atoms with Gasteiger partial charge in [0.1, 0.15) is 6.29 Å². The fraction of sp³-hybridized carbons (Fsp3) is 0.800. The average molecular weight is 316 g/mol. The van der Waals surface area contributed by atoms with Crippen molar-refractivity contribution in [2.24, 2.45) is 39.9 Å². The molecule has 0 aliphatic heterocycles. The van der Waals surface area contributed by atoms with Crippen LogP contribution in [-0.2, 0) is 9.59 Å². The molecule has 0 heterocycles. The lowest BCUT2D eigenvalue weighted by Crippen LogP contribution is -2.49. The SMILES string of the molecule is C=C1C[C@]23CC1CC[C@H]2[C@]1(C)CCC[C@@](C)(C(=O)O)[C@H]1[C@@H]3C=O. The fourth-order valence-corrected chi connectivity index (χ4v) is 7.80. The van der Waals surface area contributed by atoms with Gasteiger partial charge < -0.3 is 9.90 Å². The van der Waals surface area contributed by atoms with E-state index >= 15 is 0 Å². The summed E-state index contributed by atoms with van der Waals surface area (Å²) in [5, 5.41) is 9.99. The maximum absolute atomic E-state index is 12.2. The molecular weight excluding hydrogens is 288 g/mol. The summed E-state index contributed by atoms with van der Waals surface area (Å²) in [6.45, 7) is 8.51. The first-order valence-electron chi connectivity index (χ1n) is 9.16. The molecule has 0 amide bonds. The van der Waals surface area contributed by atoms with Gasteiger partial charge in [-0.25, -0.2) is 0 Å². The van der Waals surface area contributed by atoms with Crippen LogP contribution in [0.1, 0.15) is 58.8 Å². The third kappa shape index (κ3) is 1.62. The molecule has 1 N–H and O–H groups in total. The molecule has 0 aromatic carbocycles. The van der Waals surface area contributed by atoms with E-state index in [0.717, 1.165) is 38.4 Å². The van der Waals surface area contributed by atoms with Crippen LogP contribution in [0.3, 0.4) is 0 Å². The number of aliphatic carboxylic acids is 1. The van der Waals surface area contributed by atoms with Gasteiger partial charge in [-0.3, -0.25) is 4.79 Å². The van der Waals surface area contributed by atoms with Gasteiger partial charge in [0.05, 0.1) is 5.41 Å². The third-order valence-corrected chi connectivity index (χ3v) is 8.52. The lowest BCUT2D eigenvalue weighted by Gasteiger charge is -2.50. The lowest BCUT2D eigenvalue weighted by molar-refractivity contribution is -0.161. The third-order valence-electron chi connectivity index (χ3n) is 8.52. The van der Waals surface area contributed by atoms with Crippen molar-refractivity contribution in [3.63, 3.8) is 0 Å². The van der Waals surface area contributed by atoms with E-state index in [1.165, 1.54) is 12.0 Å². The molecule has 4 aliphatic rings. The monoisotopic (exact) mass is 316 g/mol. The number of fused-ring (bicyclic) bond motifs is 3. The van der Waals surface area contributed by atoms with Crippen molar-refractivity contribution in [3.8, 4) is 0 Å². The highest BCUT2D eigenvalue weighted by atomic mass is 16.4. The Hall–Kier alpha value is -1.12. The Labute approximate surface area is 138 Å². The summed E-state index contributed by atoms with van der Waals surface area (Å²) in [5.74, 6) is 0.219. The van der Waals surface area contributed by atoms with Gasteiger partial charge in [-0.15, -0.1) is 0 Å². The second kappa shape index (κ2) is 4.49. The normalized spacial score (nSPS) is 54.4. The van der Waals surface area contributed by atoms with Gasteiger partial charge in [0.2, 0.25) is 0 Å².